The Balaban J connectivity index is 2.68. The maximum atomic E-state index is 12.6. The van der Waals surface area contributed by atoms with Gasteiger partial charge in [-0.2, -0.15) is 0 Å². The van der Waals surface area contributed by atoms with Crippen LogP contribution in [0.3, 0.4) is 0 Å². The van der Waals surface area contributed by atoms with E-state index in [-0.39, 0.29) is 23.8 Å². The maximum Gasteiger partial charge on any atom is 0.326 e. The van der Waals surface area contributed by atoms with Gasteiger partial charge in [-0.15, -0.1) is 0 Å². The van der Waals surface area contributed by atoms with E-state index < -0.39 is 35.9 Å². The lowest BCUT2D eigenvalue weighted by molar-refractivity contribution is -0.143. The van der Waals surface area contributed by atoms with Crippen molar-refractivity contribution in [2.24, 2.45) is 11.8 Å². The molecule has 1 aliphatic rings. The van der Waals surface area contributed by atoms with Gasteiger partial charge in [-0.3, -0.25) is 14.4 Å². The van der Waals surface area contributed by atoms with E-state index in [4.69, 9.17) is 0 Å². The van der Waals surface area contributed by atoms with Crippen LogP contribution >= 0.6 is 0 Å². The highest BCUT2D eigenvalue weighted by Gasteiger charge is 2.32. The number of hydrogen-bond donors (Lipinski definition) is 5. The van der Waals surface area contributed by atoms with Gasteiger partial charge in [0.1, 0.15) is 18.1 Å². The first-order valence-electron chi connectivity index (χ1n) is 9.95. The number of aliphatic carboxylic acids is 1. The number of carboxylic acid groups (broad SMARTS) is 1. The van der Waals surface area contributed by atoms with Crippen molar-refractivity contribution in [3.63, 3.8) is 0 Å². The molecule has 1 aliphatic heterocycles. The summed E-state index contributed by atoms with van der Waals surface area (Å²) in [6, 6.07) is -3.04. The predicted molar refractivity (Wildman–Crippen MR) is 104 cm³/mol. The SMILES string of the molecule is CCC(C)C(NC(=O)C(C)NC(=O)C(NC(=O)C1CCCN1)C(C)C)C(=O)O. The van der Waals surface area contributed by atoms with Crippen molar-refractivity contribution in [3.8, 4) is 0 Å². The quantitative estimate of drug-likeness (QED) is 0.351. The van der Waals surface area contributed by atoms with E-state index in [1.54, 1.807) is 20.8 Å². The van der Waals surface area contributed by atoms with Gasteiger partial charge in [0, 0.05) is 0 Å². The number of carbonyl (C=O) groups excluding carboxylic acids is 3. The van der Waals surface area contributed by atoms with Gasteiger partial charge in [-0.05, 0) is 38.1 Å². The number of nitrogens with one attached hydrogen (secondary N) is 4. The first kappa shape index (κ1) is 23.9. The highest BCUT2D eigenvalue weighted by molar-refractivity contribution is 5.94. The van der Waals surface area contributed by atoms with Crippen molar-refractivity contribution < 1.29 is 24.3 Å². The fourth-order valence-electron chi connectivity index (χ4n) is 3.03. The van der Waals surface area contributed by atoms with Crippen LogP contribution in [0.25, 0.3) is 0 Å². The van der Waals surface area contributed by atoms with Gasteiger partial charge in [-0.1, -0.05) is 34.1 Å². The third-order valence-electron chi connectivity index (χ3n) is 5.15. The van der Waals surface area contributed by atoms with Crippen LogP contribution in [0.15, 0.2) is 0 Å². The monoisotopic (exact) mass is 398 g/mol. The molecule has 0 spiro atoms. The second-order valence-electron chi connectivity index (χ2n) is 7.82. The first-order chi connectivity index (χ1) is 13.1. The highest BCUT2D eigenvalue weighted by Crippen LogP contribution is 2.10. The van der Waals surface area contributed by atoms with Crippen molar-refractivity contribution in [1.82, 2.24) is 21.3 Å². The summed E-state index contributed by atoms with van der Waals surface area (Å²) in [4.78, 5) is 48.7. The molecule has 28 heavy (non-hydrogen) atoms. The maximum absolute atomic E-state index is 12.6. The van der Waals surface area contributed by atoms with Crippen LogP contribution in [0.2, 0.25) is 0 Å². The average Bonchev–Trinajstić information content (AvgIpc) is 3.17. The van der Waals surface area contributed by atoms with Gasteiger partial charge in [0.05, 0.1) is 6.04 Å². The second kappa shape index (κ2) is 11.0. The summed E-state index contributed by atoms with van der Waals surface area (Å²) in [5, 5.41) is 20.2. The molecule has 0 aromatic rings. The zero-order valence-corrected chi connectivity index (χ0v) is 17.4. The molecule has 0 aromatic heterocycles. The Morgan fingerprint density at radius 2 is 1.64 bits per heavy atom. The van der Waals surface area contributed by atoms with Crippen LogP contribution in [-0.4, -0.2) is 59.5 Å². The molecule has 1 heterocycles. The number of carboxylic acids is 1. The Kier molecular flexibility index (Phi) is 9.37. The van der Waals surface area contributed by atoms with E-state index in [0.717, 1.165) is 19.4 Å². The lowest BCUT2D eigenvalue weighted by atomic mass is 9.99. The molecule has 5 N–H and O–H groups in total. The Hall–Kier alpha value is -2.16. The standard InChI is InChI=1S/C19H34N4O5/c1-6-11(4)15(19(27)28)23-16(24)12(5)21-18(26)14(10(2)3)22-17(25)13-8-7-9-20-13/h10-15,20H,6-9H2,1-5H3,(H,21,26)(H,22,25)(H,23,24)(H,27,28). The van der Waals surface area contributed by atoms with E-state index in [0.29, 0.717) is 6.42 Å². The third kappa shape index (κ3) is 6.78. The summed E-state index contributed by atoms with van der Waals surface area (Å²) < 4.78 is 0. The molecule has 0 radical (unpaired) electrons. The van der Waals surface area contributed by atoms with E-state index in [9.17, 15) is 24.3 Å². The number of carbonyl (C=O) groups is 4. The van der Waals surface area contributed by atoms with Crippen LogP contribution < -0.4 is 21.3 Å². The van der Waals surface area contributed by atoms with Crippen LogP contribution in [0.4, 0.5) is 0 Å². The van der Waals surface area contributed by atoms with E-state index in [1.165, 1.54) is 6.92 Å². The van der Waals surface area contributed by atoms with Crippen molar-refractivity contribution in [2.45, 2.75) is 78.0 Å². The normalized spacial score (nSPS) is 20.7. The van der Waals surface area contributed by atoms with Crippen LogP contribution in [0.5, 0.6) is 0 Å². The van der Waals surface area contributed by atoms with Crippen molar-refractivity contribution >= 4 is 23.7 Å². The summed E-state index contributed by atoms with van der Waals surface area (Å²) in [5.74, 6) is -2.81. The first-order valence-corrected chi connectivity index (χ1v) is 9.95. The minimum Gasteiger partial charge on any atom is -0.480 e. The summed E-state index contributed by atoms with van der Waals surface area (Å²) >= 11 is 0. The molecule has 0 saturated carbocycles. The van der Waals surface area contributed by atoms with Gasteiger partial charge in [0.25, 0.3) is 0 Å². The van der Waals surface area contributed by atoms with Crippen molar-refractivity contribution in [3.05, 3.63) is 0 Å². The summed E-state index contributed by atoms with van der Waals surface area (Å²) in [7, 11) is 0. The summed E-state index contributed by atoms with van der Waals surface area (Å²) in [6.07, 6.45) is 2.23. The zero-order chi connectivity index (χ0) is 21.4. The minimum atomic E-state index is -1.11. The van der Waals surface area contributed by atoms with E-state index >= 15 is 0 Å². The lowest BCUT2D eigenvalue weighted by Gasteiger charge is -2.26. The van der Waals surface area contributed by atoms with Crippen LogP contribution in [-0.2, 0) is 19.2 Å². The predicted octanol–water partition coefficient (Wildman–Crippen LogP) is -0.000600. The molecular weight excluding hydrogens is 364 g/mol. The van der Waals surface area contributed by atoms with Crippen molar-refractivity contribution in [2.75, 3.05) is 6.54 Å². The summed E-state index contributed by atoms with van der Waals surface area (Å²) in [6.45, 7) is 9.45. The Morgan fingerprint density at radius 3 is 2.11 bits per heavy atom. The number of rotatable bonds is 10. The molecule has 3 amide bonds. The Bertz CT molecular complexity index is 575. The Morgan fingerprint density at radius 1 is 1.00 bits per heavy atom. The fourth-order valence-corrected chi connectivity index (χ4v) is 3.03. The molecular formula is C19H34N4O5. The molecule has 5 unspecified atom stereocenters. The topological polar surface area (TPSA) is 137 Å². The fraction of sp³-hybridized carbons (Fsp3) is 0.789. The van der Waals surface area contributed by atoms with Crippen molar-refractivity contribution in [1.29, 1.82) is 0 Å². The van der Waals surface area contributed by atoms with Crippen LogP contribution in [0, 0.1) is 11.8 Å². The molecule has 9 heteroatoms. The largest absolute Gasteiger partial charge is 0.480 e. The van der Waals surface area contributed by atoms with Gasteiger partial charge in [0.15, 0.2) is 0 Å². The molecule has 160 valence electrons. The molecule has 1 saturated heterocycles. The number of hydrogen-bond acceptors (Lipinski definition) is 5. The van der Waals surface area contributed by atoms with Crippen LogP contribution in [0.1, 0.15) is 53.9 Å². The van der Waals surface area contributed by atoms with Gasteiger partial charge in [-0.25, -0.2) is 4.79 Å². The lowest BCUT2D eigenvalue weighted by Crippen LogP contribution is -2.58. The van der Waals surface area contributed by atoms with Gasteiger partial charge < -0.3 is 26.4 Å². The van der Waals surface area contributed by atoms with E-state index in [2.05, 4.69) is 21.3 Å². The smallest absolute Gasteiger partial charge is 0.326 e. The third-order valence-corrected chi connectivity index (χ3v) is 5.15. The molecule has 1 rings (SSSR count). The molecule has 0 bridgehead atoms. The molecule has 9 nitrogen and oxygen atoms in total. The van der Waals surface area contributed by atoms with Gasteiger partial charge >= 0.3 is 5.97 Å². The van der Waals surface area contributed by atoms with E-state index in [1.807, 2.05) is 6.92 Å². The minimum absolute atomic E-state index is 0.174. The second-order valence-corrected chi connectivity index (χ2v) is 7.82. The Labute approximate surface area is 166 Å². The molecule has 1 fully saturated rings. The average molecular weight is 399 g/mol. The van der Waals surface area contributed by atoms with Gasteiger partial charge in [0.2, 0.25) is 17.7 Å². The molecule has 5 atom stereocenters. The summed E-state index contributed by atoms with van der Waals surface area (Å²) in [5.41, 5.74) is 0. The molecule has 0 aromatic carbocycles. The number of amides is 3. The molecule has 0 aliphatic carbocycles. The zero-order valence-electron chi connectivity index (χ0n) is 17.4. The highest BCUT2D eigenvalue weighted by atomic mass is 16.4.